The summed E-state index contributed by atoms with van der Waals surface area (Å²) in [5, 5.41) is 11.8. The minimum absolute atomic E-state index is 0.0557. The molecule has 6 nitrogen and oxygen atoms in total. The molecule has 1 aliphatic rings. The Labute approximate surface area is 139 Å². The van der Waals surface area contributed by atoms with Gasteiger partial charge in [0.2, 0.25) is 0 Å². The van der Waals surface area contributed by atoms with E-state index in [-0.39, 0.29) is 12.5 Å². The van der Waals surface area contributed by atoms with Crippen molar-refractivity contribution in [3.05, 3.63) is 40.6 Å². The van der Waals surface area contributed by atoms with Crippen molar-refractivity contribution in [3.8, 4) is 17.1 Å². The smallest absolute Gasteiger partial charge is 0.365 e. The number of halogens is 1. The molecule has 0 amide bonds. The predicted molar refractivity (Wildman–Crippen MR) is 90.6 cm³/mol. The molecule has 1 saturated heterocycles. The Balaban J connectivity index is 1.83. The van der Waals surface area contributed by atoms with Gasteiger partial charge in [0.15, 0.2) is 0 Å². The van der Waals surface area contributed by atoms with Crippen molar-refractivity contribution in [1.29, 1.82) is 5.26 Å². The van der Waals surface area contributed by atoms with Crippen LogP contribution in [0.25, 0.3) is 11.1 Å². The Morgan fingerprint density at radius 3 is 2.79 bits per heavy atom. The molecule has 1 aromatic heterocycles. The number of hydrogen-bond acceptors (Lipinski definition) is 5. The minimum atomic E-state index is -0.493. The molecule has 1 aliphatic heterocycles. The standard InChI is InChI=1S/C16H18BFN4O2/c1-20-11-22-9-13(16(23)24-22)12-2-3-15(14(18)8-12)21-6-4-17(10-19)5-7-21/h2-3,8-9,20H,4-7,11H2,1H3. The molecule has 0 bridgehead atoms. The zero-order chi connectivity index (χ0) is 17.1. The van der Waals surface area contributed by atoms with Gasteiger partial charge in [0.25, 0.3) is 6.71 Å². The number of rotatable bonds is 4. The minimum Gasteiger partial charge on any atom is -0.370 e. The molecular formula is C16H18BFN4O2. The lowest BCUT2D eigenvalue weighted by Crippen LogP contribution is -2.36. The van der Waals surface area contributed by atoms with Gasteiger partial charge in [-0.15, -0.1) is 0 Å². The summed E-state index contributed by atoms with van der Waals surface area (Å²) in [6.45, 7) is 1.74. The van der Waals surface area contributed by atoms with Crippen molar-refractivity contribution < 1.29 is 8.91 Å². The monoisotopic (exact) mass is 328 g/mol. The summed E-state index contributed by atoms with van der Waals surface area (Å²) in [5.74, 6) is 1.90. The third kappa shape index (κ3) is 3.21. The van der Waals surface area contributed by atoms with Crippen molar-refractivity contribution in [1.82, 2.24) is 10.1 Å². The molecule has 0 aliphatic carbocycles. The van der Waals surface area contributed by atoms with E-state index in [0.717, 1.165) is 12.6 Å². The lowest BCUT2D eigenvalue weighted by molar-refractivity contribution is 0.240. The SMILES string of the molecule is CNCn1cc(-c2ccc(N3CCB(C#N)CC3)c(F)c2)c(=O)o1. The average molecular weight is 328 g/mol. The van der Waals surface area contributed by atoms with Crippen LogP contribution in [-0.2, 0) is 6.67 Å². The summed E-state index contributed by atoms with van der Waals surface area (Å²) >= 11 is 0. The van der Waals surface area contributed by atoms with Crippen molar-refractivity contribution in [3.63, 3.8) is 0 Å². The number of nitrogens with zero attached hydrogens (tertiary/aromatic N) is 3. The van der Waals surface area contributed by atoms with Gasteiger partial charge >= 0.3 is 5.63 Å². The van der Waals surface area contributed by atoms with Crippen molar-refractivity contribution in [2.75, 3.05) is 25.0 Å². The lowest BCUT2D eigenvalue weighted by Gasteiger charge is -2.30. The van der Waals surface area contributed by atoms with Crippen LogP contribution in [0.5, 0.6) is 0 Å². The topological polar surface area (TPSA) is 74.2 Å². The maximum Gasteiger partial charge on any atom is 0.365 e. The fraction of sp³-hybridized carbons (Fsp3) is 0.375. The van der Waals surface area contributed by atoms with E-state index in [1.807, 2.05) is 4.90 Å². The highest BCUT2D eigenvalue weighted by Crippen LogP contribution is 2.27. The molecule has 0 saturated carbocycles. The molecule has 0 radical (unpaired) electrons. The van der Waals surface area contributed by atoms with Crippen molar-refractivity contribution >= 4 is 12.4 Å². The van der Waals surface area contributed by atoms with Gasteiger partial charge in [0, 0.05) is 19.1 Å². The van der Waals surface area contributed by atoms with Gasteiger partial charge < -0.3 is 14.7 Å². The molecule has 0 atom stereocenters. The predicted octanol–water partition coefficient (Wildman–Crippen LogP) is 1.80. The summed E-state index contributed by atoms with van der Waals surface area (Å²) in [5.41, 5.74) is 0.840. The second kappa shape index (κ2) is 6.93. The van der Waals surface area contributed by atoms with Gasteiger partial charge in [0.05, 0.1) is 17.4 Å². The van der Waals surface area contributed by atoms with E-state index in [1.54, 1.807) is 25.4 Å². The van der Waals surface area contributed by atoms with Crippen LogP contribution in [-0.4, -0.2) is 31.6 Å². The summed E-state index contributed by atoms with van der Waals surface area (Å²) in [7, 11) is 1.74. The average Bonchev–Trinajstić information content (AvgIpc) is 2.96. The molecule has 0 spiro atoms. The van der Waals surface area contributed by atoms with E-state index in [9.17, 15) is 9.18 Å². The maximum absolute atomic E-state index is 14.5. The Morgan fingerprint density at radius 2 is 2.17 bits per heavy atom. The third-order valence-electron chi connectivity index (χ3n) is 4.28. The number of nitriles is 1. The fourth-order valence-electron chi connectivity index (χ4n) is 2.99. The first-order chi connectivity index (χ1) is 11.6. The maximum atomic E-state index is 14.5. The third-order valence-corrected chi connectivity index (χ3v) is 4.28. The Morgan fingerprint density at radius 1 is 1.42 bits per heavy atom. The highest BCUT2D eigenvalue weighted by atomic mass is 19.1. The largest absolute Gasteiger partial charge is 0.370 e. The summed E-state index contributed by atoms with van der Waals surface area (Å²) in [6, 6.07) is 4.78. The molecule has 2 aromatic rings. The Kier molecular flexibility index (Phi) is 4.72. The second-order valence-corrected chi connectivity index (χ2v) is 5.91. The molecule has 1 N–H and O–H groups in total. The fourth-order valence-corrected chi connectivity index (χ4v) is 2.99. The molecule has 3 rings (SSSR count). The zero-order valence-electron chi connectivity index (χ0n) is 13.5. The first-order valence-corrected chi connectivity index (χ1v) is 7.92. The summed E-state index contributed by atoms with van der Waals surface area (Å²) in [6.07, 6.45) is 3.05. The highest BCUT2D eigenvalue weighted by Gasteiger charge is 2.24. The number of nitrogens with one attached hydrogen (secondary N) is 1. The van der Waals surface area contributed by atoms with Gasteiger partial charge in [-0.3, -0.25) is 0 Å². The van der Waals surface area contributed by atoms with Crippen LogP contribution in [0.4, 0.5) is 10.1 Å². The Hall–Kier alpha value is -2.53. The number of anilines is 1. The van der Waals surface area contributed by atoms with E-state index in [4.69, 9.17) is 9.78 Å². The number of benzene rings is 1. The van der Waals surface area contributed by atoms with Crippen LogP contribution in [0.2, 0.25) is 12.6 Å². The van der Waals surface area contributed by atoms with Gasteiger partial charge in [-0.05, 0) is 37.4 Å². The second-order valence-electron chi connectivity index (χ2n) is 5.91. The molecule has 24 heavy (non-hydrogen) atoms. The first-order valence-electron chi connectivity index (χ1n) is 7.92. The lowest BCUT2D eigenvalue weighted by atomic mass is 9.45. The van der Waals surface area contributed by atoms with Gasteiger partial charge in [-0.25, -0.2) is 14.4 Å². The van der Waals surface area contributed by atoms with Crippen LogP contribution < -0.4 is 15.8 Å². The van der Waals surface area contributed by atoms with E-state index < -0.39 is 5.63 Å². The molecular weight excluding hydrogens is 310 g/mol. The van der Waals surface area contributed by atoms with E-state index in [2.05, 4.69) is 11.3 Å². The van der Waals surface area contributed by atoms with Crippen molar-refractivity contribution in [2.45, 2.75) is 19.3 Å². The quantitative estimate of drug-likeness (QED) is 0.867. The molecule has 0 unspecified atom stereocenters. The van der Waals surface area contributed by atoms with Crippen LogP contribution in [0.1, 0.15) is 0 Å². The van der Waals surface area contributed by atoms with Crippen LogP contribution in [0.3, 0.4) is 0 Å². The summed E-state index contributed by atoms with van der Waals surface area (Å²) in [4.78, 5) is 13.8. The summed E-state index contributed by atoms with van der Waals surface area (Å²) < 4.78 is 21.0. The molecule has 1 fully saturated rings. The van der Waals surface area contributed by atoms with Crippen molar-refractivity contribution in [2.24, 2.45) is 0 Å². The Bertz CT molecular complexity index is 818. The normalized spacial score (nSPS) is 14.7. The highest BCUT2D eigenvalue weighted by molar-refractivity contribution is 6.67. The number of hydrogen-bond donors (Lipinski definition) is 1. The van der Waals surface area contributed by atoms with E-state index in [1.165, 1.54) is 10.8 Å². The molecule has 2 heterocycles. The van der Waals surface area contributed by atoms with Gasteiger partial charge in [-0.1, -0.05) is 6.07 Å². The zero-order valence-corrected chi connectivity index (χ0v) is 13.5. The van der Waals surface area contributed by atoms with Crippen LogP contribution in [0.15, 0.2) is 33.7 Å². The van der Waals surface area contributed by atoms with Crippen LogP contribution >= 0.6 is 0 Å². The number of aromatic nitrogens is 1. The van der Waals surface area contributed by atoms with Crippen LogP contribution in [0, 0.1) is 17.0 Å². The van der Waals surface area contributed by atoms with E-state index >= 15 is 0 Å². The van der Waals surface area contributed by atoms with Gasteiger partial charge in [-0.2, -0.15) is 4.74 Å². The molecule has 1 aromatic carbocycles. The van der Waals surface area contributed by atoms with Gasteiger partial charge in [0.1, 0.15) is 12.5 Å². The molecule has 8 heteroatoms. The first kappa shape index (κ1) is 16.3. The van der Waals surface area contributed by atoms with E-state index in [0.29, 0.717) is 36.6 Å². The molecule has 124 valence electrons.